The summed E-state index contributed by atoms with van der Waals surface area (Å²) in [5.74, 6) is -1.70. The minimum atomic E-state index is -0.860. The maximum absolute atomic E-state index is 12.8. The molecule has 1 aromatic heterocycles. The summed E-state index contributed by atoms with van der Waals surface area (Å²) in [5.41, 5.74) is 0.472. The van der Waals surface area contributed by atoms with Crippen LogP contribution in [0.5, 0.6) is 0 Å². The maximum Gasteiger partial charge on any atom is 0.161 e. The molecule has 0 bridgehead atoms. The van der Waals surface area contributed by atoms with Gasteiger partial charge in [-0.1, -0.05) is 0 Å². The summed E-state index contributed by atoms with van der Waals surface area (Å²) in [6.07, 6.45) is 1.61. The van der Waals surface area contributed by atoms with Crippen molar-refractivity contribution in [2.24, 2.45) is 0 Å². The third-order valence-corrected chi connectivity index (χ3v) is 2.28. The third-order valence-electron chi connectivity index (χ3n) is 1.69. The first-order chi connectivity index (χ1) is 6.16. The molecule has 66 valence electrons. The van der Waals surface area contributed by atoms with E-state index >= 15 is 0 Å². The summed E-state index contributed by atoms with van der Waals surface area (Å²) in [4.78, 5) is 3.97. The molecule has 4 heteroatoms. The largest absolute Gasteiger partial charge is 0.255 e. The predicted molar refractivity (Wildman–Crippen MR) is 54.4 cm³/mol. The van der Waals surface area contributed by atoms with E-state index in [-0.39, 0.29) is 0 Å². The molecule has 0 fully saturated rings. The van der Waals surface area contributed by atoms with Gasteiger partial charge in [-0.05, 0) is 34.7 Å². The lowest BCUT2D eigenvalue weighted by molar-refractivity contribution is 0.510. The Bertz CT molecular complexity index is 470. The molecule has 0 saturated heterocycles. The lowest BCUT2D eigenvalue weighted by Gasteiger charge is -1.98. The Labute approximate surface area is 86.9 Å². The van der Waals surface area contributed by atoms with Gasteiger partial charge in [0.15, 0.2) is 11.6 Å². The lowest BCUT2D eigenvalue weighted by atomic mass is 10.2. The highest BCUT2D eigenvalue weighted by atomic mass is 127. The second-order valence-electron chi connectivity index (χ2n) is 2.61. The number of fused-ring (bicyclic) bond motifs is 1. The number of benzene rings is 1. The van der Waals surface area contributed by atoms with Crippen molar-refractivity contribution in [3.63, 3.8) is 0 Å². The van der Waals surface area contributed by atoms with E-state index in [4.69, 9.17) is 0 Å². The van der Waals surface area contributed by atoms with E-state index in [0.29, 0.717) is 10.9 Å². The standard InChI is InChI=1S/C9H4F2IN/c10-7-2-5-1-6(12)4-13-9(5)3-8(7)11/h1-4H. The molecule has 0 atom stereocenters. The van der Waals surface area contributed by atoms with Crippen molar-refractivity contribution in [2.75, 3.05) is 0 Å². The molecule has 1 aromatic carbocycles. The van der Waals surface area contributed by atoms with Crippen LogP contribution in [0.15, 0.2) is 24.4 Å². The van der Waals surface area contributed by atoms with Crippen LogP contribution in [-0.4, -0.2) is 4.98 Å². The van der Waals surface area contributed by atoms with Crippen molar-refractivity contribution < 1.29 is 8.78 Å². The van der Waals surface area contributed by atoms with Crippen LogP contribution in [0, 0.1) is 15.2 Å². The molecule has 0 aliphatic rings. The van der Waals surface area contributed by atoms with Crippen LogP contribution in [0.4, 0.5) is 8.78 Å². The molecule has 0 amide bonds. The molecule has 0 aliphatic carbocycles. The number of aromatic nitrogens is 1. The molecule has 0 N–H and O–H groups in total. The second-order valence-corrected chi connectivity index (χ2v) is 3.86. The molecule has 0 aliphatic heterocycles. The summed E-state index contributed by atoms with van der Waals surface area (Å²) in [5, 5.41) is 0.616. The maximum atomic E-state index is 12.8. The van der Waals surface area contributed by atoms with Crippen LogP contribution < -0.4 is 0 Å². The smallest absolute Gasteiger partial charge is 0.161 e. The van der Waals surface area contributed by atoms with E-state index in [0.717, 1.165) is 15.7 Å². The van der Waals surface area contributed by atoms with E-state index < -0.39 is 11.6 Å². The highest BCUT2D eigenvalue weighted by Gasteiger charge is 2.04. The second kappa shape index (κ2) is 3.17. The van der Waals surface area contributed by atoms with E-state index in [2.05, 4.69) is 27.6 Å². The molecule has 1 nitrogen and oxygen atoms in total. The van der Waals surface area contributed by atoms with Gasteiger partial charge in [-0.25, -0.2) is 8.78 Å². The van der Waals surface area contributed by atoms with E-state index in [1.54, 1.807) is 12.3 Å². The first kappa shape index (κ1) is 8.80. The highest BCUT2D eigenvalue weighted by molar-refractivity contribution is 14.1. The number of hydrogen-bond donors (Lipinski definition) is 0. The van der Waals surface area contributed by atoms with Crippen LogP contribution in [0.3, 0.4) is 0 Å². The van der Waals surface area contributed by atoms with Gasteiger partial charge in [0.25, 0.3) is 0 Å². The Balaban J connectivity index is 2.81. The zero-order chi connectivity index (χ0) is 9.42. The Morgan fingerprint density at radius 2 is 1.77 bits per heavy atom. The summed E-state index contributed by atoms with van der Waals surface area (Å²) < 4.78 is 26.4. The van der Waals surface area contributed by atoms with Crippen molar-refractivity contribution in [2.45, 2.75) is 0 Å². The molecule has 0 spiro atoms. The minimum absolute atomic E-state index is 0.472. The predicted octanol–water partition coefficient (Wildman–Crippen LogP) is 3.12. The molecule has 0 radical (unpaired) electrons. The number of halogens is 3. The number of pyridine rings is 1. The van der Waals surface area contributed by atoms with Gasteiger partial charge in [0, 0.05) is 21.2 Å². The van der Waals surface area contributed by atoms with Gasteiger partial charge in [-0.2, -0.15) is 0 Å². The Morgan fingerprint density at radius 1 is 1.08 bits per heavy atom. The molecule has 2 rings (SSSR count). The zero-order valence-corrected chi connectivity index (χ0v) is 8.55. The monoisotopic (exact) mass is 291 g/mol. The fourth-order valence-electron chi connectivity index (χ4n) is 1.10. The van der Waals surface area contributed by atoms with Crippen LogP contribution >= 0.6 is 22.6 Å². The zero-order valence-electron chi connectivity index (χ0n) is 6.39. The molecule has 0 saturated carbocycles. The SMILES string of the molecule is Fc1cc2cc(I)cnc2cc1F. The molecular formula is C9H4F2IN. The summed E-state index contributed by atoms with van der Waals surface area (Å²) in [6.45, 7) is 0. The third kappa shape index (κ3) is 1.63. The van der Waals surface area contributed by atoms with Gasteiger partial charge in [-0.15, -0.1) is 0 Å². The quantitative estimate of drug-likeness (QED) is 0.680. The van der Waals surface area contributed by atoms with E-state index in [1.165, 1.54) is 0 Å². The van der Waals surface area contributed by atoms with Gasteiger partial charge in [-0.3, -0.25) is 4.98 Å². The van der Waals surface area contributed by atoms with Gasteiger partial charge < -0.3 is 0 Å². The topological polar surface area (TPSA) is 12.9 Å². The average molecular weight is 291 g/mol. The number of nitrogens with zero attached hydrogens (tertiary/aromatic N) is 1. The van der Waals surface area contributed by atoms with E-state index in [9.17, 15) is 8.78 Å². The van der Waals surface area contributed by atoms with Crippen LogP contribution in [-0.2, 0) is 0 Å². The Hall–Kier alpha value is -0.780. The highest BCUT2D eigenvalue weighted by Crippen LogP contribution is 2.18. The number of hydrogen-bond acceptors (Lipinski definition) is 1. The molecular weight excluding hydrogens is 287 g/mol. The lowest BCUT2D eigenvalue weighted by Crippen LogP contribution is -1.87. The fraction of sp³-hybridized carbons (Fsp3) is 0. The average Bonchev–Trinajstić information content (AvgIpc) is 2.08. The Morgan fingerprint density at radius 3 is 2.54 bits per heavy atom. The minimum Gasteiger partial charge on any atom is -0.255 e. The summed E-state index contributed by atoms with van der Waals surface area (Å²) in [7, 11) is 0. The fourth-order valence-corrected chi connectivity index (χ4v) is 1.57. The van der Waals surface area contributed by atoms with Gasteiger partial charge >= 0.3 is 0 Å². The molecule has 13 heavy (non-hydrogen) atoms. The van der Waals surface area contributed by atoms with Crippen molar-refractivity contribution in [1.29, 1.82) is 0 Å². The normalized spacial score (nSPS) is 10.7. The van der Waals surface area contributed by atoms with Gasteiger partial charge in [0.2, 0.25) is 0 Å². The Kier molecular flexibility index (Phi) is 2.15. The van der Waals surface area contributed by atoms with Gasteiger partial charge in [0.1, 0.15) is 0 Å². The summed E-state index contributed by atoms with van der Waals surface area (Å²) >= 11 is 2.07. The van der Waals surface area contributed by atoms with Crippen LogP contribution in [0.25, 0.3) is 10.9 Å². The van der Waals surface area contributed by atoms with Crippen molar-refractivity contribution >= 4 is 33.5 Å². The first-order valence-electron chi connectivity index (χ1n) is 3.57. The molecule has 0 unspecified atom stereocenters. The van der Waals surface area contributed by atoms with Crippen molar-refractivity contribution in [3.05, 3.63) is 39.6 Å². The van der Waals surface area contributed by atoms with Crippen molar-refractivity contribution in [1.82, 2.24) is 4.98 Å². The van der Waals surface area contributed by atoms with Crippen LogP contribution in [0.2, 0.25) is 0 Å². The first-order valence-corrected chi connectivity index (χ1v) is 4.65. The van der Waals surface area contributed by atoms with E-state index in [1.807, 2.05) is 0 Å². The molecule has 1 heterocycles. The molecule has 2 aromatic rings. The van der Waals surface area contributed by atoms with Crippen molar-refractivity contribution in [3.8, 4) is 0 Å². The number of rotatable bonds is 0. The summed E-state index contributed by atoms with van der Waals surface area (Å²) in [6, 6.07) is 4.01. The van der Waals surface area contributed by atoms with Gasteiger partial charge in [0.05, 0.1) is 5.52 Å². The van der Waals surface area contributed by atoms with Crippen LogP contribution in [0.1, 0.15) is 0 Å².